The maximum absolute atomic E-state index is 12.6. The zero-order chi connectivity index (χ0) is 18.1. The molecular formula is C19H17N3O4. The molecule has 3 aromatic rings. The monoisotopic (exact) mass is 351 g/mol. The lowest BCUT2D eigenvalue weighted by Gasteiger charge is -2.06. The fraction of sp³-hybridized carbons (Fsp3) is 0.158. The van der Waals surface area contributed by atoms with Gasteiger partial charge in [0.15, 0.2) is 17.2 Å². The number of carbonyl (C=O) groups excluding carboxylic acids is 1. The van der Waals surface area contributed by atoms with E-state index in [1.54, 1.807) is 36.1 Å². The van der Waals surface area contributed by atoms with E-state index in [-0.39, 0.29) is 12.7 Å². The quantitative estimate of drug-likeness (QED) is 0.781. The summed E-state index contributed by atoms with van der Waals surface area (Å²) in [5, 5.41) is 7.24. The minimum atomic E-state index is -0.298. The molecule has 2 heterocycles. The van der Waals surface area contributed by atoms with Gasteiger partial charge in [0.1, 0.15) is 5.75 Å². The Balaban J connectivity index is 1.57. The average molecular weight is 351 g/mol. The zero-order valence-electron chi connectivity index (χ0n) is 14.4. The van der Waals surface area contributed by atoms with Crippen LogP contribution in [-0.4, -0.2) is 29.6 Å². The van der Waals surface area contributed by atoms with Gasteiger partial charge >= 0.3 is 0 Å². The smallest absolute Gasteiger partial charge is 0.276 e. The van der Waals surface area contributed by atoms with Gasteiger partial charge in [-0.1, -0.05) is 6.07 Å². The summed E-state index contributed by atoms with van der Waals surface area (Å²) in [4.78, 5) is 12.6. The Hall–Kier alpha value is -3.48. The molecule has 0 aliphatic carbocycles. The maximum atomic E-state index is 12.6. The summed E-state index contributed by atoms with van der Waals surface area (Å²) < 4.78 is 17.5. The number of methoxy groups -OCH3 is 1. The Bertz CT molecular complexity index is 981. The van der Waals surface area contributed by atoms with E-state index in [0.717, 1.165) is 17.1 Å². The van der Waals surface area contributed by atoms with E-state index in [1.165, 1.54) is 0 Å². The van der Waals surface area contributed by atoms with Crippen molar-refractivity contribution in [2.45, 2.75) is 6.92 Å². The van der Waals surface area contributed by atoms with E-state index in [4.69, 9.17) is 14.2 Å². The third-order valence-electron chi connectivity index (χ3n) is 4.05. The van der Waals surface area contributed by atoms with Crippen LogP contribution in [0.25, 0.3) is 5.69 Å². The van der Waals surface area contributed by atoms with Crippen molar-refractivity contribution in [2.24, 2.45) is 0 Å². The molecule has 7 heteroatoms. The second-order valence-electron chi connectivity index (χ2n) is 5.81. The Morgan fingerprint density at radius 3 is 2.85 bits per heavy atom. The van der Waals surface area contributed by atoms with Crippen molar-refractivity contribution in [1.29, 1.82) is 0 Å². The van der Waals surface area contributed by atoms with Crippen molar-refractivity contribution in [1.82, 2.24) is 9.78 Å². The zero-order valence-corrected chi connectivity index (χ0v) is 14.4. The van der Waals surface area contributed by atoms with Gasteiger partial charge < -0.3 is 19.5 Å². The standard InChI is InChI=1S/C19H17N3O4/c1-12-8-16(21-22(12)14-4-3-5-15(10-14)24-2)19(23)20-13-6-7-17-18(9-13)26-11-25-17/h3-10H,11H2,1-2H3,(H,20,23). The highest BCUT2D eigenvalue weighted by Gasteiger charge is 2.17. The molecular weight excluding hydrogens is 334 g/mol. The molecule has 0 atom stereocenters. The van der Waals surface area contributed by atoms with E-state index >= 15 is 0 Å². The lowest BCUT2D eigenvalue weighted by atomic mass is 10.2. The van der Waals surface area contributed by atoms with E-state index in [1.807, 2.05) is 31.2 Å². The molecule has 4 rings (SSSR count). The number of rotatable bonds is 4. The van der Waals surface area contributed by atoms with Gasteiger partial charge in [-0.05, 0) is 37.3 Å². The van der Waals surface area contributed by atoms with Crippen LogP contribution >= 0.6 is 0 Å². The molecule has 0 fully saturated rings. The lowest BCUT2D eigenvalue weighted by Crippen LogP contribution is -2.13. The number of hydrogen-bond acceptors (Lipinski definition) is 5. The van der Waals surface area contributed by atoms with Crippen LogP contribution in [-0.2, 0) is 0 Å². The molecule has 0 spiro atoms. The number of ether oxygens (including phenoxy) is 3. The van der Waals surface area contributed by atoms with Crippen molar-refractivity contribution in [3.63, 3.8) is 0 Å². The predicted molar refractivity (Wildman–Crippen MR) is 95.4 cm³/mol. The molecule has 2 aromatic carbocycles. The number of aromatic nitrogens is 2. The van der Waals surface area contributed by atoms with Gasteiger partial charge in [-0.2, -0.15) is 5.10 Å². The highest BCUT2D eigenvalue weighted by molar-refractivity contribution is 6.03. The molecule has 1 N–H and O–H groups in total. The first kappa shape index (κ1) is 16.0. The number of aryl methyl sites for hydroxylation is 1. The SMILES string of the molecule is COc1cccc(-n2nc(C(=O)Nc3ccc4c(c3)OCO4)cc2C)c1. The maximum Gasteiger partial charge on any atom is 0.276 e. The van der Waals surface area contributed by atoms with Crippen LogP contribution in [0.1, 0.15) is 16.2 Å². The number of fused-ring (bicyclic) bond motifs is 1. The highest BCUT2D eigenvalue weighted by Crippen LogP contribution is 2.34. The fourth-order valence-electron chi connectivity index (χ4n) is 2.76. The first-order valence-corrected chi connectivity index (χ1v) is 8.06. The van der Waals surface area contributed by atoms with Crippen LogP contribution in [0.5, 0.6) is 17.2 Å². The topological polar surface area (TPSA) is 74.6 Å². The second-order valence-corrected chi connectivity index (χ2v) is 5.81. The van der Waals surface area contributed by atoms with Gasteiger partial charge in [0.2, 0.25) is 6.79 Å². The number of benzene rings is 2. The van der Waals surface area contributed by atoms with Crippen LogP contribution in [0.15, 0.2) is 48.5 Å². The molecule has 1 aromatic heterocycles. The Kier molecular flexibility index (Phi) is 3.96. The molecule has 26 heavy (non-hydrogen) atoms. The van der Waals surface area contributed by atoms with Gasteiger partial charge in [0.05, 0.1) is 12.8 Å². The summed E-state index contributed by atoms with van der Waals surface area (Å²) in [5.41, 5.74) is 2.61. The molecule has 1 amide bonds. The van der Waals surface area contributed by atoms with Gasteiger partial charge in [-0.25, -0.2) is 4.68 Å². The number of hydrogen-bond donors (Lipinski definition) is 1. The molecule has 0 radical (unpaired) electrons. The summed E-state index contributed by atoms with van der Waals surface area (Å²) in [6.07, 6.45) is 0. The van der Waals surface area contributed by atoms with Crippen LogP contribution in [0.2, 0.25) is 0 Å². The Labute approximate surface area is 150 Å². The summed E-state index contributed by atoms with van der Waals surface area (Å²) in [5.74, 6) is 1.71. The third kappa shape index (κ3) is 2.95. The number of anilines is 1. The molecule has 0 bridgehead atoms. The van der Waals surface area contributed by atoms with E-state index in [9.17, 15) is 4.79 Å². The van der Waals surface area contributed by atoms with Crippen LogP contribution in [0.3, 0.4) is 0 Å². The largest absolute Gasteiger partial charge is 0.497 e. The molecule has 1 aliphatic heterocycles. The van der Waals surface area contributed by atoms with Gasteiger partial charge in [0.25, 0.3) is 5.91 Å². The van der Waals surface area contributed by atoms with Gasteiger partial charge in [-0.3, -0.25) is 4.79 Å². The number of nitrogens with one attached hydrogen (secondary N) is 1. The van der Waals surface area contributed by atoms with Crippen molar-refractivity contribution < 1.29 is 19.0 Å². The third-order valence-corrected chi connectivity index (χ3v) is 4.05. The highest BCUT2D eigenvalue weighted by atomic mass is 16.7. The van der Waals surface area contributed by atoms with Crippen LogP contribution in [0, 0.1) is 6.92 Å². The Morgan fingerprint density at radius 1 is 1.15 bits per heavy atom. The first-order chi connectivity index (χ1) is 12.6. The summed E-state index contributed by atoms with van der Waals surface area (Å²) in [7, 11) is 1.61. The molecule has 132 valence electrons. The Morgan fingerprint density at radius 2 is 2.00 bits per heavy atom. The molecule has 1 aliphatic rings. The number of amides is 1. The fourth-order valence-corrected chi connectivity index (χ4v) is 2.76. The van der Waals surface area contributed by atoms with Crippen LogP contribution in [0.4, 0.5) is 5.69 Å². The van der Waals surface area contributed by atoms with E-state index < -0.39 is 0 Å². The van der Waals surface area contributed by atoms with Gasteiger partial charge in [-0.15, -0.1) is 0 Å². The van der Waals surface area contributed by atoms with E-state index in [0.29, 0.717) is 22.9 Å². The minimum absolute atomic E-state index is 0.191. The number of nitrogens with zero attached hydrogens (tertiary/aromatic N) is 2. The van der Waals surface area contributed by atoms with Crippen molar-refractivity contribution >= 4 is 11.6 Å². The van der Waals surface area contributed by atoms with Crippen LogP contribution < -0.4 is 19.5 Å². The molecule has 0 unspecified atom stereocenters. The predicted octanol–water partition coefficient (Wildman–Crippen LogP) is 3.17. The molecule has 0 saturated carbocycles. The molecule has 0 saturated heterocycles. The van der Waals surface area contributed by atoms with Gasteiger partial charge in [0, 0.05) is 23.5 Å². The number of carbonyl (C=O) groups is 1. The minimum Gasteiger partial charge on any atom is -0.497 e. The van der Waals surface area contributed by atoms with Crippen molar-refractivity contribution in [3.8, 4) is 22.9 Å². The summed E-state index contributed by atoms with van der Waals surface area (Å²) >= 11 is 0. The summed E-state index contributed by atoms with van der Waals surface area (Å²) in [6.45, 7) is 2.08. The molecule has 7 nitrogen and oxygen atoms in total. The van der Waals surface area contributed by atoms with E-state index in [2.05, 4.69) is 10.4 Å². The summed E-state index contributed by atoms with van der Waals surface area (Å²) in [6, 6.07) is 14.5. The second kappa shape index (κ2) is 6.44. The first-order valence-electron chi connectivity index (χ1n) is 8.06. The van der Waals surface area contributed by atoms with Crippen molar-refractivity contribution in [2.75, 3.05) is 19.2 Å². The average Bonchev–Trinajstić information content (AvgIpc) is 3.27. The van der Waals surface area contributed by atoms with Crippen molar-refractivity contribution in [3.05, 3.63) is 59.9 Å². The normalized spacial score (nSPS) is 12.1. The lowest BCUT2D eigenvalue weighted by molar-refractivity contribution is 0.102.